The Morgan fingerprint density at radius 1 is 1.14 bits per heavy atom. The summed E-state index contributed by atoms with van der Waals surface area (Å²) in [6, 6.07) is 8.84. The van der Waals surface area contributed by atoms with Crippen LogP contribution in [0.3, 0.4) is 0 Å². The van der Waals surface area contributed by atoms with Crippen LogP contribution in [0.15, 0.2) is 24.3 Å². The van der Waals surface area contributed by atoms with E-state index >= 15 is 0 Å². The fourth-order valence-corrected chi connectivity index (χ4v) is 5.38. The lowest BCUT2D eigenvalue weighted by molar-refractivity contribution is -0.123. The van der Waals surface area contributed by atoms with E-state index in [1.165, 1.54) is 33.4 Å². The van der Waals surface area contributed by atoms with Gasteiger partial charge in [0, 0.05) is 18.2 Å². The normalized spacial score (nSPS) is 15.7. The van der Waals surface area contributed by atoms with Crippen LogP contribution in [0.1, 0.15) is 82.7 Å². The molecule has 6 nitrogen and oxygen atoms in total. The van der Waals surface area contributed by atoms with Gasteiger partial charge in [-0.1, -0.05) is 19.9 Å². The molecule has 2 aliphatic rings. The first kappa shape index (κ1) is 27.7. The molecule has 2 aromatic carbocycles. The lowest BCUT2D eigenvalue weighted by Gasteiger charge is -2.36. The number of amides is 1. The van der Waals surface area contributed by atoms with Crippen LogP contribution in [0.4, 0.5) is 5.69 Å². The van der Waals surface area contributed by atoms with E-state index in [9.17, 15) is 4.79 Å². The first-order valence-corrected chi connectivity index (χ1v) is 13.0. The molecule has 1 unspecified atom stereocenters. The number of fused-ring (bicyclic) bond motifs is 2. The van der Waals surface area contributed by atoms with Gasteiger partial charge in [-0.2, -0.15) is 0 Å². The van der Waals surface area contributed by atoms with Crippen molar-refractivity contribution in [1.82, 2.24) is 0 Å². The van der Waals surface area contributed by atoms with Crippen molar-refractivity contribution in [3.05, 3.63) is 46.5 Å². The van der Waals surface area contributed by atoms with Gasteiger partial charge in [-0.05, 0) is 112 Å². The molecule has 0 spiro atoms. The van der Waals surface area contributed by atoms with Crippen LogP contribution in [-0.2, 0) is 27.2 Å². The maximum Gasteiger partial charge on any atom is 0.290 e. The number of benzene rings is 2. The summed E-state index contributed by atoms with van der Waals surface area (Å²) in [4.78, 5) is 23.4. The number of carbonyl (C=O) groups is 2. The predicted molar refractivity (Wildman–Crippen MR) is 144 cm³/mol. The molecule has 36 heavy (non-hydrogen) atoms. The molecule has 0 radical (unpaired) electrons. The largest absolute Gasteiger partial charge is 0.493 e. The van der Waals surface area contributed by atoms with Gasteiger partial charge in [0.15, 0.2) is 0 Å². The molecule has 0 bridgehead atoms. The Balaban J connectivity index is 0.00000115. The van der Waals surface area contributed by atoms with Crippen LogP contribution >= 0.6 is 0 Å². The van der Waals surface area contributed by atoms with E-state index in [-0.39, 0.29) is 30.0 Å². The molecular formula is C30H41NO5. The average Bonchev–Trinajstić information content (AvgIpc) is 2.81. The lowest BCUT2D eigenvalue weighted by Crippen LogP contribution is -2.39. The van der Waals surface area contributed by atoms with Gasteiger partial charge in [0.2, 0.25) is 5.91 Å². The molecule has 1 atom stereocenters. The van der Waals surface area contributed by atoms with Crippen molar-refractivity contribution in [2.45, 2.75) is 85.9 Å². The monoisotopic (exact) mass is 495 g/mol. The first-order chi connectivity index (χ1) is 17.0. The van der Waals surface area contributed by atoms with Crippen molar-refractivity contribution in [1.29, 1.82) is 0 Å². The van der Waals surface area contributed by atoms with Crippen LogP contribution in [0.5, 0.6) is 5.75 Å². The van der Waals surface area contributed by atoms with Gasteiger partial charge in [-0.25, -0.2) is 0 Å². The molecule has 1 amide bonds. The van der Waals surface area contributed by atoms with Gasteiger partial charge in [0.1, 0.15) is 5.75 Å². The van der Waals surface area contributed by atoms with E-state index in [4.69, 9.17) is 19.4 Å². The van der Waals surface area contributed by atoms with Crippen molar-refractivity contribution < 1.29 is 24.2 Å². The standard InChI is InChI=1S/C29H39NO3.CH2O2/c1-18(2)28(31)30-14-8-11-23-24(30)16-19(3)26(27(23)20(4)33-29(5,6)7)22-12-13-25-21(17-22)10-9-15-32-25;2-1-3/h12-13,16-18,20H,8-11,14-15H2,1-7H3;1H,(H,2,3). The highest BCUT2D eigenvalue weighted by molar-refractivity contribution is 5.97. The molecule has 0 aromatic heterocycles. The number of ether oxygens (including phenoxy) is 2. The SMILES string of the molecule is Cc1cc2c(c(C(C)OC(C)(C)C)c1-c1ccc3c(c1)CCCO3)CCCN2C(=O)C(C)C.O=CO. The summed E-state index contributed by atoms with van der Waals surface area (Å²) in [6.07, 6.45) is 3.96. The molecule has 2 aliphatic heterocycles. The summed E-state index contributed by atoms with van der Waals surface area (Å²) >= 11 is 0. The smallest absolute Gasteiger partial charge is 0.290 e. The van der Waals surface area contributed by atoms with E-state index < -0.39 is 0 Å². The van der Waals surface area contributed by atoms with Crippen molar-refractivity contribution in [3.63, 3.8) is 0 Å². The highest BCUT2D eigenvalue weighted by Gasteiger charge is 2.31. The van der Waals surface area contributed by atoms with E-state index in [1.54, 1.807) is 0 Å². The van der Waals surface area contributed by atoms with Crippen LogP contribution in [-0.4, -0.2) is 36.2 Å². The molecule has 0 aliphatic carbocycles. The fraction of sp³-hybridized carbons (Fsp3) is 0.533. The Kier molecular flexibility index (Phi) is 8.83. The summed E-state index contributed by atoms with van der Waals surface area (Å²) in [5, 5.41) is 6.89. The predicted octanol–water partition coefficient (Wildman–Crippen LogP) is 6.50. The first-order valence-electron chi connectivity index (χ1n) is 13.0. The summed E-state index contributed by atoms with van der Waals surface area (Å²) in [6.45, 7) is 16.0. The maximum absolute atomic E-state index is 13.1. The quantitative estimate of drug-likeness (QED) is 0.490. The van der Waals surface area contributed by atoms with Crippen molar-refractivity contribution >= 4 is 18.1 Å². The van der Waals surface area contributed by atoms with Crippen molar-refractivity contribution in [2.24, 2.45) is 5.92 Å². The summed E-state index contributed by atoms with van der Waals surface area (Å²) < 4.78 is 12.4. The van der Waals surface area contributed by atoms with Gasteiger partial charge in [-0.3, -0.25) is 9.59 Å². The minimum atomic E-state index is -0.265. The molecule has 4 rings (SSSR count). The Hall–Kier alpha value is -2.86. The number of nitrogens with zero attached hydrogens (tertiary/aromatic N) is 1. The molecular weight excluding hydrogens is 454 g/mol. The number of carboxylic acid groups (broad SMARTS) is 1. The van der Waals surface area contributed by atoms with Gasteiger partial charge in [0.05, 0.1) is 18.3 Å². The second kappa shape index (κ2) is 11.5. The van der Waals surface area contributed by atoms with Crippen LogP contribution in [0.25, 0.3) is 11.1 Å². The molecule has 0 saturated heterocycles. The van der Waals surface area contributed by atoms with E-state index in [0.717, 1.165) is 50.3 Å². The third-order valence-corrected chi connectivity index (χ3v) is 6.64. The van der Waals surface area contributed by atoms with Crippen molar-refractivity contribution in [2.75, 3.05) is 18.1 Å². The Labute approximate surface area is 215 Å². The molecule has 1 N–H and O–H groups in total. The number of hydrogen-bond donors (Lipinski definition) is 1. The number of carbonyl (C=O) groups excluding carboxylic acids is 1. The summed E-state index contributed by atoms with van der Waals surface area (Å²) in [5.41, 5.74) is 8.24. The lowest BCUT2D eigenvalue weighted by atomic mass is 9.83. The zero-order valence-electron chi connectivity index (χ0n) is 22.8. The van der Waals surface area contributed by atoms with Gasteiger partial charge in [-0.15, -0.1) is 0 Å². The second-order valence-electron chi connectivity index (χ2n) is 11.0. The highest BCUT2D eigenvalue weighted by atomic mass is 16.5. The van der Waals surface area contributed by atoms with E-state index in [1.807, 2.05) is 18.7 Å². The van der Waals surface area contributed by atoms with Gasteiger partial charge >= 0.3 is 0 Å². The third kappa shape index (κ3) is 6.09. The maximum atomic E-state index is 13.1. The number of aryl methyl sites for hydroxylation is 2. The number of rotatable bonds is 4. The van der Waals surface area contributed by atoms with Crippen LogP contribution < -0.4 is 9.64 Å². The number of anilines is 1. The van der Waals surface area contributed by atoms with Crippen LogP contribution in [0.2, 0.25) is 0 Å². The summed E-state index contributed by atoms with van der Waals surface area (Å²) in [5.74, 6) is 1.18. The second-order valence-corrected chi connectivity index (χ2v) is 11.0. The van der Waals surface area contributed by atoms with Crippen LogP contribution in [0, 0.1) is 12.8 Å². The Morgan fingerprint density at radius 2 is 1.83 bits per heavy atom. The zero-order chi connectivity index (χ0) is 26.6. The minimum Gasteiger partial charge on any atom is -0.493 e. The molecule has 196 valence electrons. The van der Waals surface area contributed by atoms with E-state index in [0.29, 0.717) is 0 Å². The summed E-state index contributed by atoms with van der Waals surface area (Å²) in [7, 11) is 0. The average molecular weight is 496 g/mol. The molecule has 2 aromatic rings. The molecule has 0 fully saturated rings. The third-order valence-electron chi connectivity index (χ3n) is 6.64. The highest BCUT2D eigenvalue weighted by Crippen LogP contribution is 2.44. The van der Waals surface area contributed by atoms with E-state index in [2.05, 4.69) is 58.9 Å². The zero-order valence-corrected chi connectivity index (χ0v) is 22.8. The Morgan fingerprint density at radius 3 is 2.47 bits per heavy atom. The van der Waals surface area contributed by atoms with Crippen molar-refractivity contribution in [3.8, 4) is 16.9 Å². The van der Waals surface area contributed by atoms with Gasteiger partial charge in [0.25, 0.3) is 6.47 Å². The Bertz CT molecular complexity index is 1100. The molecule has 6 heteroatoms. The number of hydrogen-bond acceptors (Lipinski definition) is 4. The topological polar surface area (TPSA) is 76.1 Å². The fourth-order valence-electron chi connectivity index (χ4n) is 5.38. The minimum absolute atomic E-state index is 0.0247. The molecule has 0 saturated carbocycles. The molecule has 2 heterocycles. The van der Waals surface area contributed by atoms with Gasteiger partial charge < -0.3 is 19.5 Å².